The summed E-state index contributed by atoms with van der Waals surface area (Å²) < 4.78 is 37.7. The second-order valence-electron chi connectivity index (χ2n) is 4.90. The van der Waals surface area contributed by atoms with Crippen LogP contribution in [-0.4, -0.2) is 10.9 Å². The van der Waals surface area contributed by atoms with E-state index in [2.05, 4.69) is 10.3 Å². The molecular formula is C17H11F3N2OS. The highest BCUT2D eigenvalue weighted by Gasteiger charge is 2.34. The molecule has 24 heavy (non-hydrogen) atoms. The smallest absolute Gasteiger partial charge is 0.298 e. The van der Waals surface area contributed by atoms with Gasteiger partial charge in [0.2, 0.25) is 0 Å². The number of halogens is 3. The van der Waals surface area contributed by atoms with Crippen LogP contribution in [0.1, 0.15) is 16.1 Å². The van der Waals surface area contributed by atoms with E-state index in [1.807, 2.05) is 30.3 Å². The zero-order valence-electron chi connectivity index (χ0n) is 12.2. The van der Waals surface area contributed by atoms with Gasteiger partial charge in [-0.3, -0.25) is 10.1 Å². The summed E-state index contributed by atoms with van der Waals surface area (Å²) in [5.41, 5.74) is 0.896. The second-order valence-corrected chi connectivity index (χ2v) is 5.76. The van der Waals surface area contributed by atoms with Crippen molar-refractivity contribution in [3.63, 3.8) is 0 Å². The highest BCUT2D eigenvalue weighted by molar-refractivity contribution is 7.14. The van der Waals surface area contributed by atoms with E-state index >= 15 is 0 Å². The average Bonchev–Trinajstić information content (AvgIpc) is 3.04. The minimum Gasteiger partial charge on any atom is -0.298 e. The van der Waals surface area contributed by atoms with Crippen molar-refractivity contribution in [2.75, 3.05) is 5.32 Å². The largest absolute Gasteiger partial charge is 0.434 e. The lowest BCUT2D eigenvalue weighted by molar-refractivity contribution is -0.140. The third-order valence-corrected chi connectivity index (χ3v) is 4.03. The molecule has 0 unspecified atom stereocenters. The maximum atomic E-state index is 12.6. The summed E-state index contributed by atoms with van der Waals surface area (Å²) in [6.45, 7) is 0. The van der Waals surface area contributed by atoms with Crippen molar-refractivity contribution in [3.8, 4) is 11.1 Å². The van der Waals surface area contributed by atoms with Gasteiger partial charge < -0.3 is 0 Å². The van der Waals surface area contributed by atoms with Gasteiger partial charge in [0.05, 0.1) is 0 Å². The summed E-state index contributed by atoms with van der Waals surface area (Å²) in [5.74, 6) is -0.502. The zero-order valence-corrected chi connectivity index (χ0v) is 13.0. The van der Waals surface area contributed by atoms with Crippen molar-refractivity contribution in [2.24, 2.45) is 0 Å². The van der Waals surface area contributed by atoms with Gasteiger partial charge in [0.25, 0.3) is 5.91 Å². The molecule has 0 aliphatic carbocycles. The number of alkyl halides is 3. The molecule has 0 saturated carbocycles. The Bertz CT molecular complexity index is 860. The molecule has 0 atom stereocenters. The van der Waals surface area contributed by atoms with Gasteiger partial charge >= 0.3 is 6.18 Å². The number of thiazole rings is 1. The van der Waals surface area contributed by atoms with Gasteiger partial charge in [-0.1, -0.05) is 48.5 Å². The van der Waals surface area contributed by atoms with E-state index in [1.165, 1.54) is 0 Å². The van der Waals surface area contributed by atoms with Crippen LogP contribution in [-0.2, 0) is 6.18 Å². The first kappa shape index (κ1) is 16.2. The van der Waals surface area contributed by atoms with Gasteiger partial charge in [0.1, 0.15) is 0 Å². The SMILES string of the molecule is O=C(Nc1nc(C(F)(F)F)cs1)c1ccccc1-c1ccccc1. The molecule has 0 radical (unpaired) electrons. The van der Waals surface area contributed by atoms with Crippen molar-refractivity contribution in [2.45, 2.75) is 6.18 Å². The first-order valence-electron chi connectivity index (χ1n) is 6.93. The highest BCUT2D eigenvalue weighted by Crippen LogP contribution is 2.32. The Hall–Kier alpha value is -2.67. The normalized spacial score (nSPS) is 11.3. The number of hydrogen-bond donors (Lipinski definition) is 1. The van der Waals surface area contributed by atoms with Crippen molar-refractivity contribution in [1.82, 2.24) is 4.98 Å². The Morgan fingerprint density at radius 3 is 2.33 bits per heavy atom. The van der Waals surface area contributed by atoms with Gasteiger partial charge in [-0.2, -0.15) is 13.2 Å². The molecule has 3 nitrogen and oxygen atoms in total. The van der Waals surface area contributed by atoms with E-state index in [0.717, 1.165) is 22.3 Å². The third-order valence-electron chi connectivity index (χ3n) is 3.27. The third kappa shape index (κ3) is 3.46. The fraction of sp³-hybridized carbons (Fsp3) is 0.0588. The van der Waals surface area contributed by atoms with Crippen LogP contribution in [0.3, 0.4) is 0 Å². The number of hydrogen-bond acceptors (Lipinski definition) is 3. The van der Waals surface area contributed by atoms with Crippen LogP contribution in [0.15, 0.2) is 60.0 Å². The Balaban J connectivity index is 1.88. The molecule has 2 aromatic carbocycles. The summed E-state index contributed by atoms with van der Waals surface area (Å²) in [6, 6.07) is 16.2. The second kappa shape index (κ2) is 6.45. The van der Waals surface area contributed by atoms with E-state index < -0.39 is 17.8 Å². The summed E-state index contributed by atoms with van der Waals surface area (Å²) >= 11 is 0.738. The van der Waals surface area contributed by atoms with Crippen LogP contribution in [0.4, 0.5) is 18.3 Å². The summed E-state index contributed by atoms with van der Waals surface area (Å²) in [5, 5.41) is 3.22. The topological polar surface area (TPSA) is 42.0 Å². The number of nitrogens with one attached hydrogen (secondary N) is 1. The first-order chi connectivity index (χ1) is 11.4. The summed E-state index contributed by atoms with van der Waals surface area (Å²) in [4.78, 5) is 15.9. The van der Waals surface area contributed by atoms with Crippen LogP contribution >= 0.6 is 11.3 Å². The van der Waals surface area contributed by atoms with E-state index in [9.17, 15) is 18.0 Å². The molecule has 0 bridgehead atoms. The number of carbonyl (C=O) groups is 1. The van der Waals surface area contributed by atoms with E-state index in [0.29, 0.717) is 11.1 Å². The molecule has 7 heteroatoms. The summed E-state index contributed by atoms with van der Waals surface area (Å²) in [7, 11) is 0. The minimum absolute atomic E-state index is 0.0878. The van der Waals surface area contributed by atoms with Crippen LogP contribution in [0.5, 0.6) is 0 Å². The molecule has 0 aliphatic heterocycles. The Labute approximate surface area is 139 Å². The molecule has 1 aromatic heterocycles. The zero-order chi connectivity index (χ0) is 17.2. The number of aromatic nitrogens is 1. The number of anilines is 1. The van der Waals surface area contributed by atoms with Crippen LogP contribution in [0, 0.1) is 0 Å². The van der Waals surface area contributed by atoms with Crippen LogP contribution < -0.4 is 5.32 Å². The van der Waals surface area contributed by atoms with Crippen molar-refractivity contribution in [1.29, 1.82) is 0 Å². The molecule has 0 spiro atoms. The maximum Gasteiger partial charge on any atom is 0.434 e. The number of rotatable bonds is 3. The van der Waals surface area contributed by atoms with Gasteiger partial charge in [0, 0.05) is 10.9 Å². The number of nitrogens with zero attached hydrogens (tertiary/aromatic N) is 1. The number of carbonyl (C=O) groups excluding carboxylic acids is 1. The van der Waals surface area contributed by atoms with Gasteiger partial charge in [-0.15, -0.1) is 11.3 Å². The van der Waals surface area contributed by atoms with Gasteiger partial charge in [-0.25, -0.2) is 4.98 Å². The van der Waals surface area contributed by atoms with Gasteiger partial charge in [-0.05, 0) is 17.2 Å². The predicted octanol–water partition coefficient (Wildman–Crippen LogP) is 5.08. The minimum atomic E-state index is -4.53. The molecule has 3 rings (SSSR count). The predicted molar refractivity (Wildman–Crippen MR) is 86.9 cm³/mol. The van der Waals surface area contributed by atoms with Crippen LogP contribution in [0.2, 0.25) is 0 Å². The lowest BCUT2D eigenvalue weighted by Gasteiger charge is -2.09. The van der Waals surface area contributed by atoms with E-state index in [4.69, 9.17) is 0 Å². The molecule has 122 valence electrons. The number of benzene rings is 2. The Kier molecular flexibility index (Phi) is 4.35. The maximum absolute atomic E-state index is 12.6. The average molecular weight is 348 g/mol. The quantitative estimate of drug-likeness (QED) is 0.717. The Morgan fingerprint density at radius 2 is 1.67 bits per heavy atom. The van der Waals surface area contributed by atoms with Crippen molar-refractivity contribution < 1.29 is 18.0 Å². The molecule has 0 saturated heterocycles. The lowest BCUT2D eigenvalue weighted by atomic mass is 9.99. The van der Waals surface area contributed by atoms with Gasteiger partial charge in [0.15, 0.2) is 10.8 Å². The molecular weight excluding hydrogens is 337 g/mol. The molecule has 3 aromatic rings. The summed E-state index contributed by atoms with van der Waals surface area (Å²) in [6.07, 6.45) is -4.53. The molecule has 0 aliphatic rings. The first-order valence-corrected chi connectivity index (χ1v) is 7.81. The fourth-order valence-corrected chi connectivity index (χ4v) is 2.89. The monoisotopic (exact) mass is 348 g/mol. The van der Waals surface area contributed by atoms with E-state index in [1.54, 1.807) is 24.3 Å². The standard InChI is InChI=1S/C17H11F3N2OS/c18-17(19,20)14-10-24-16(21-14)22-15(23)13-9-5-4-8-12(13)11-6-2-1-3-7-11/h1-10H,(H,21,22,23). The molecule has 1 N–H and O–H groups in total. The number of amides is 1. The van der Waals surface area contributed by atoms with E-state index in [-0.39, 0.29) is 5.13 Å². The van der Waals surface area contributed by atoms with Crippen molar-refractivity contribution in [3.05, 3.63) is 71.2 Å². The molecule has 1 amide bonds. The molecule has 1 heterocycles. The molecule has 0 fully saturated rings. The fourth-order valence-electron chi connectivity index (χ4n) is 2.18. The highest BCUT2D eigenvalue weighted by atomic mass is 32.1. The Morgan fingerprint density at radius 1 is 1.00 bits per heavy atom. The van der Waals surface area contributed by atoms with Crippen LogP contribution in [0.25, 0.3) is 11.1 Å². The van der Waals surface area contributed by atoms with Crippen molar-refractivity contribution >= 4 is 22.4 Å². The lowest BCUT2D eigenvalue weighted by Crippen LogP contribution is -2.13.